The van der Waals surface area contributed by atoms with Gasteiger partial charge in [0.15, 0.2) is 0 Å². The standard InChI is InChI=1S/C22H25F3N2O3/c1-29-19-7-4-5-16(13-19)14-26-12-11-18-9-10-21(28)27(18)15-17-6-2-3-8-20(17)30-22(23,24)25/h2-8,13,18,26H,9-12,14-15H2,1H3. The van der Waals surface area contributed by atoms with Gasteiger partial charge >= 0.3 is 6.36 Å². The zero-order valence-electron chi connectivity index (χ0n) is 16.7. The van der Waals surface area contributed by atoms with Gasteiger partial charge in [0.1, 0.15) is 11.5 Å². The molecule has 0 spiro atoms. The number of hydrogen-bond acceptors (Lipinski definition) is 4. The van der Waals surface area contributed by atoms with E-state index in [0.29, 0.717) is 31.5 Å². The first-order chi connectivity index (χ1) is 14.4. The van der Waals surface area contributed by atoms with Crippen LogP contribution in [0.5, 0.6) is 11.5 Å². The first-order valence-corrected chi connectivity index (χ1v) is 9.82. The van der Waals surface area contributed by atoms with Crippen LogP contribution in [0.1, 0.15) is 30.4 Å². The summed E-state index contributed by atoms with van der Waals surface area (Å²) < 4.78 is 47.3. The number of halogens is 3. The van der Waals surface area contributed by atoms with E-state index in [1.54, 1.807) is 24.1 Å². The Balaban J connectivity index is 1.56. The van der Waals surface area contributed by atoms with Crippen LogP contribution in [0, 0.1) is 0 Å². The third kappa shape index (κ3) is 6.13. The molecule has 0 aromatic heterocycles. The molecule has 1 amide bonds. The molecule has 1 saturated heterocycles. The van der Waals surface area contributed by atoms with Crippen molar-refractivity contribution in [1.82, 2.24) is 10.2 Å². The minimum absolute atomic E-state index is 0.0192. The molecule has 0 bridgehead atoms. The molecule has 0 radical (unpaired) electrons. The van der Waals surface area contributed by atoms with E-state index in [9.17, 15) is 18.0 Å². The maximum atomic E-state index is 12.7. The van der Waals surface area contributed by atoms with E-state index in [-0.39, 0.29) is 24.2 Å². The van der Waals surface area contributed by atoms with E-state index >= 15 is 0 Å². The number of benzene rings is 2. The number of carbonyl (C=O) groups excluding carboxylic acids is 1. The Labute approximate surface area is 173 Å². The molecule has 1 aliphatic rings. The zero-order chi connectivity index (χ0) is 21.6. The first kappa shape index (κ1) is 22.0. The summed E-state index contributed by atoms with van der Waals surface area (Å²) in [6.07, 6.45) is -2.95. The van der Waals surface area contributed by atoms with Gasteiger partial charge in [-0.1, -0.05) is 30.3 Å². The van der Waals surface area contributed by atoms with Crippen LogP contribution in [0.3, 0.4) is 0 Å². The van der Waals surface area contributed by atoms with E-state index in [1.165, 1.54) is 12.1 Å². The molecule has 3 rings (SSSR count). The van der Waals surface area contributed by atoms with Crippen molar-refractivity contribution in [3.05, 3.63) is 59.7 Å². The molecule has 0 saturated carbocycles. The zero-order valence-corrected chi connectivity index (χ0v) is 16.7. The third-order valence-corrected chi connectivity index (χ3v) is 5.11. The molecular formula is C22H25F3N2O3. The van der Waals surface area contributed by atoms with Gasteiger partial charge in [-0.25, -0.2) is 0 Å². The smallest absolute Gasteiger partial charge is 0.497 e. The highest BCUT2D eigenvalue weighted by Gasteiger charge is 2.34. The van der Waals surface area contributed by atoms with Crippen molar-refractivity contribution in [2.45, 2.75) is 44.8 Å². The Morgan fingerprint density at radius 1 is 1.17 bits per heavy atom. The second kappa shape index (κ2) is 9.84. The molecule has 1 fully saturated rings. The van der Waals surface area contributed by atoms with Gasteiger partial charge in [-0.3, -0.25) is 4.79 Å². The summed E-state index contributed by atoms with van der Waals surface area (Å²) in [5, 5.41) is 3.35. The molecule has 2 aromatic carbocycles. The SMILES string of the molecule is COc1cccc(CNCCC2CCC(=O)N2Cc2ccccc2OC(F)(F)F)c1. The van der Waals surface area contributed by atoms with Gasteiger partial charge in [0.25, 0.3) is 0 Å². The second-order valence-electron chi connectivity index (χ2n) is 7.19. The number of alkyl halides is 3. The predicted molar refractivity (Wildman–Crippen MR) is 106 cm³/mol. The summed E-state index contributed by atoms with van der Waals surface area (Å²) in [4.78, 5) is 14.0. The number of hydrogen-bond donors (Lipinski definition) is 1. The van der Waals surface area contributed by atoms with Crippen molar-refractivity contribution < 1.29 is 27.4 Å². The van der Waals surface area contributed by atoms with Gasteiger partial charge in [0.2, 0.25) is 5.91 Å². The number of ether oxygens (including phenoxy) is 2. The molecular weight excluding hydrogens is 397 g/mol. The lowest BCUT2D eigenvalue weighted by Crippen LogP contribution is -2.35. The average molecular weight is 422 g/mol. The summed E-state index contributed by atoms with van der Waals surface area (Å²) in [6, 6.07) is 13.7. The van der Waals surface area contributed by atoms with E-state index < -0.39 is 6.36 Å². The molecule has 162 valence electrons. The van der Waals surface area contributed by atoms with Crippen LogP contribution in [0.4, 0.5) is 13.2 Å². The Morgan fingerprint density at radius 3 is 2.73 bits per heavy atom. The van der Waals surface area contributed by atoms with E-state index in [0.717, 1.165) is 17.7 Å². The molecule has 1 N–H and O–H groups in total. The van der Waals surface area contributed by atoms with Crippen LogP contribution in [0.15, 0.2) is 48.5 Å². The van der Waals surface area contributed by atoms with E-state index in [2.05, 4.69) is 10.1 Å². The van der Waals surface area contributed by atoms with Crippen LogP contribution in [0.2, 0.25) is 0 Å². The van der Waals surface area contributed by atoms with Crippen molar-refractivity contribution in [1.29, 1.82) is 0 Å². The monoisotopic (exact) mass is 422 g/mol. The number of amides is 1. The minimum atomic E-state index is -4.77. The predicted octanol–water partition coefficient (Wildman–Crippen LogP) is 4.26. The number of methoxy groups -OCH3 is 1. The first-order valence-electron chi connectivity index (χ1n) is 9.82. The Bertz CT molecular complexity index is 858. The fourth-order valence-corrected chi connectivity index (χ4v) is 3.64. The van der Waals surface area contributed by atoms with Gasteiger partial charge in [-0.2, -0.15) is 0 Å². The summed E-state index contributed by atoms with van der Waals surface area (Å²) in [6.45, 7) is 1.46. The average Bonchev–Trinajstić information content (AvgIpc) is 3.05. The quantitative estimate of drug-likeness (QED) is 0.614. The number of nitrogens with zero attached hydrogens (tertiary/aromatic N) is 1. The van der Waals surface area contributed by atoms with E-state index in [1.807, 2.05) is 24.3 Å². The van der Waals surface area contributed by atoms with Crippen LogP contribution in [-0.2, 0) is 17.9 Å². The highest BCUT2D eigenvalue weighted by atomic mass is 19.4. The summed E-state index contributed by atoms with van der Waals surface area (Å²) in [5.74, 6) is 0.482. The highest BCUT2D eigenvalue weighted by Crippen LogP contribution is 2.30. The molecule has 2 aromatic rings. The molecule has 1 atom stereocenters. The van der Waals surface area contributed by atoms with Crippen molar-refractivity contribution in [2.24, 2.45) is 0 Å². The summed E-state index contributed by atoms with van der Waals surface area (Å²) in [7, 11) is 1.62. The fourth-order valence-electron chi connectivity index (χ4n) is 3.64. The molecule has 30 heavy (non-hydrogen) atoms. The lowest BCUT2D eigenvalue weighted by molar-refractivity contribution is -0.275. The van der Waals surface area contributed by atoms with Crippen molar-refractivity contribution in [3.63, 3.8) is 0 Å². The lowest BCUT2D eigenvalue weighted by atomic mass is 10.1. The molecule has 1 aliphatic heterocycles. The van der Waals surface area contributed by atoms with Crippen LogP contribution in [-0.4, -0.2) is 36.9 Å². The lowest BCUT2D eigenvalue weighted by Gasteiger charge is -2.26. The highest BCUT2D eigenvalue weighted by molar-refractivity contribution is 5.78. The fraction of sp³-hybridized carbons (Fsp3) is 0.409. The number of likely N-dealkylation sites (tertiary alicyclic amines) is 1. The van der Waals surface area contributed by atoms with Gasteiger partial charge < -0.3 is 19.7 Å². The number of rotatable bonds is 9. The molecule has 1 heterocycles. The van der Waals surface area contributed by atoms with E-state index in [4.69, 9.17) is 4.74 Å². The molecule has 5 nitrogen and oxygen atoms in total. The Morgan fingerprint density at radius 2 is 1.97 bits per heavy atom. The van der Waals surface area contributed by atoms with Crippen LogP contribution >= 0.6 is 0 Å². The topological polar surface area (TPSA) is 50.8 Å². The third-order valence-electron chi connectivity index (χ3n) is 5.11. The second-order valence-corrected chi connectivity index (χ2v) is 7.19. The van der Waals surface area contributed by atoms with Crippen molar-refractivity contribution in [2.75, 3.05) is 13.7 Å². The molecule has 8 heteroatoms. The van der Waals surface area contributed by atoms with Crippen LogP contribution < -0.4 is 14.8 Å². The number of para-hydroxylation sites is 1. The molecule has 1 unspecified atom stereocenters. The Hall–Kier alpha value is -2.74. The van der Waals surface area contributed by atoms with Gasteiger partial charge in [0.05, 0.1) is 7.11 Å². The number of carbonyl (C=O) groups is 1. The van der Waals surface area contributed by atoms with Gasteiger partial charge in [0, 0.05) is 31.1 Å². The normalized spacial score (nSPS) is 16.7. The van der Waals surface area contributed by atoms with Crippen molar-refractivity contribution >= 4 is 5.91 Å². The van der Waals surface area contributed by atoms with Crippen molar-refractivity contribution in [3.8, 4) is 11.5 Å². The summed E-state index contributed by atoms with van der Waals surface area (Å²) in [5.41, 5.74) is 1.44. The Kier molecular flexibility index (Phi) is 7.20. The number of nitrogens with one attached hydrogen (secondary N) is 1. The molecule has 0 aliphatic carbocycles. The summed E-state index contributed by atoms with van der Waals surface area (Å²) >= 11 is 0. The largest absolute Gasteiger partial charge is 0.573 e. The maximum absolute atomic E-state index is 12.7. The van der Waals surface area contributed by atoms with Gasteiger partial charge in [-0.05, 0) is 43.1 Å². The van der Waals surface area contributed by atoms with Gasteiger partial charge in [-0.15, -0.1) is 13.2 Å². The van der Waals surface area contributed by atoms with Crippen LogP contribution in [0.25, 0.3) is 0 Å². The maximum Gasteiger partial charge on any atom is 0.573 e. The minimum Gasteiger partial charge on any atom is -0.497 e.